The molecule has 0 fully saturated rings. The Morgan fingerprint density at radius 2 is 1.58 bits per heavy atom. The molecule has 5 heteroatoms. The maximum Gasteiger partial charge on any atom is 0.163 e. The van der Waals surface area contributed by atoms with Gasteiger partial charge in [-0.1, -0.05) is 43.2 Å². The molecule has 4 aromatic carbocycles. The zero-order chi connectivity index (χ0) is 26.3. The van der Waals surface area contributed by atoms with Crippen LogP contribution in [-0.4, -0.2) is 39.4 Å². The topological polar surface area (TPSA) is 57.1 Å². The predicted octanol–water partition coefficient (Wildman–Crippen LogP) is 7.79. The molecule has 2 aliphatic heterocycles. The minimum Gasteiger partial charge on any atom is -0.497 e. The highest BCUT2D eigenvalue weighted by Crippen LogP contribution is 2.42. The zero-order valence-electron chi connectivity index (χ0n) is 22.0. The van der Waals surface area contributed by atoms with Gasteiger partial charge >= 0.3 is 0 Å². The second kappa shape index (κ2) is 12.0. The van der Waals surface area contributed by atoms with E-state index in [9.17, 15) is 4.79 Å². The molecule has 5 nitrogen and oxygen atoms in total. The van der Waals surface area contributed by atoms with Gasteiger partial charge in [0.05, 0.1) is 14.2 Å². The first kappa shape index (κ1) is 25.5. The third kappa shape index (κ3) is 5.57. The van der Waals surface area contributed by atoms with E-state index in [2.05, 4.69) is 29.3 Å². The number of aliphatic imine (C=N–C) groups is 1. The van der Waals surface area contributed by atoms with Gasteiger partial charge in [0.15, 0.2) is 5.78 Å². The average molecular weight is 508 g/mol. The van der Waals surface area contributed by atoms with Crippen LogP contribution < -0.4 is 14.2 Å². The number of rotatable bonds is 4. The molecule has 0 atom stereocenters. The van der Waals surface area contributed by atoms with Crippen molar-refractivity contribution in [1.82, 2.24) is 0 Å². The SMILES string of the molecule is COc1cccc(-c2ccc3cc(OC)ccc3c2-c2cc3ccc2C(=O)CCCCCCN=CCO3)c1. The van der Waals surface area contributed by atoms with E-state index < -0.39 is 0 Å². The van der Waals surface area contributed by atoms with Crippen LogP contribution in [0.15, 0.2) is 77.8 Å². The molecule has 0 radical (unpaired) electrons. The molecule has 38 heavy (non-hydrogen) atoms. The summed E-state index contributed by atoms with van der Waals surface area (Å²) in [5.41, 5.74) is 4.61. The van der Waals surface area contributed by atoms with Crippen molar-refractivity contribution in [3.8, 4) is 39.5 Å². The molecule has 0 aromatic heterocycles. The molecule has 0 saturated heterocycles. The van der Waals surface area contributed by atoms with Crippen LogP contribution >= 0.6 is 0 Å². The van der Waals surface area contributed by atoms with Gasteiger partial charge in [-0.05, 0) is 88.3 Å². The third-order valence-corrected chi connectivity index (χ3v) is 7.06. The van der Waals surface area contributed by atoms with Crippen LogP contribution in [0, 0.1) is 0 Å². The van der Waals surface area contributed by atoms with E-state index in [-0.39, 0.29) is 5.78 Å². The van der Waals surface area contributed by atoms with Gasteiger partial charge in [-0.2, -0.15) is 0 Å². The fraction of sp³-hybridized carbons (Fsp3) is 0.273. The van der Waals surface area contributed by atoms with Gasteiger partial charge in [-0.25, -0.2) is 0 Å². The number of carbonyl (C=O) groups excluding carboxylic acids is 1. The summed E-state index contributed by atoms with van der Waals surface area (Å²) in [6.07, 6.45) is 6.35. The lowest BCUT2D eigenvalue weighted by Crippen LogP contribution is -2.05. The van der Waals surface area contributed by atoms with Crippen molar-refractivity contribution in [1.29, 1.82) is 0 Å². The number of benzene rings is 4. The van der Waals surface area contributed by atoms with Crippen molar-refractivity contribution < 1.29 is 19.0 Å². The molecule has 0 N–H and O–H groups in total. The summed E-state index contributed by atoms with van der Waals surface area (Å²) in [6.45, 7) is 1.19. The quantitative estimate of drug-likeness (QED) is 0.283. The number of methoxy groups -OCH3 is 2. The van der Waals surface area contributed by atoms with Crippen LogP contribution in [0.1, 0.15) is 42.5 Å². The first-order valence-electron chi connectivity index (χ1n) is 13.2. The zero-order valence-corrected chi connectivity index (χ0v) is 22.0. The summed E-state index contributed by atoms with van der Waals surface area (Å²) in [5, 5.41) is 2.07. The highest BCUT2D eigenvalue weighted by Gasteiger charge is 2.20. The smallest absolute Gasteiger partial charge is 0.163 e. The van der Waals surface area contributed by atoms with Crippen molar-refractivity contribution in [3.63, 3.8) is 0 Å². The fourth-order valence-electron chi connectivity index (χ4n) is 5.07. The number of ether oxygens (including phenoxy) is 3. The molecule has 0 unspecified atom stereocenters. The molecule has 2 heterocycles. The summed E-state index contributed by atoms with van der Waals surface area (Å²) < 4.78 is 17.1. The third-order valence-electron chi connectivity index (χ3n) is 7.06. The Kier molecular flexibility index (Phi) is 8.03. The molecule has 0 amide bonds. The largest absolute Gasteiger partial charge is 0.497 e. The maximum atomic E-state index is 13.6. The molecular formula is C33H33NO4. The summed E-state index contributed by atoms with van der Waals surface area (Å²) >= 11 is 0. The van der Waals surface area contributed by atoms with E-state index in [1.807, 2.05) is 54.7 Å². The molecule has 194 valence electrons. The Morgan fingerprint density at radius 1 is 0.763 bits per heavy atom. The maximum absolute atomic E-state index is 13.6. The van der Waals surface area contributed by atoms with Gasteiger partial charge in [-0.15, -0.1) is 0 Å². The van der Waals surface area contributed by atoms with Crippen molar-refractivity contribution in [2.45, 2.75) is 32.1 Å². The van der Waals surface area contributed by atoms with Crippen LogP contribution in [0.2, 0.25) is 0 Å². The molecule has 0 aliphatic carbocycles. The molecule has 0 spiro atoms. The van der Waals surface area contributed by atoms with E-state index in [1.165, 1.54) is 0 Å². The van der Waals surface area contributed by atoms with Crippen molar-refractivity contribution in [3.05, 3.63) is 78.4 Å². The Labute approximate surface area is 224 Å². The lowest BCUT2D eigenvalue weighted by Gasteiger charge is -2.19. The predicted molar refractivity (Wildman–Crippen MR) is 154 cm³/mol. The molecule has 2 aliphatic rings. The summed E-state index contributed by atoms with van der Waals surface area (Å²) in [6, 6.07) is 24.1. The van der Waals surface area contributed by atoms with Crippen molar-refractivity contribution in [2.24, 2.45) is 4.99 Å². The Balaban J connectivity index is 1.75. The summed E-state index contributed by atoms with van der Waals surface area (Å²) in [4.78, 5) is 18.1. The lowest BCUT2D eigenvalue weighted by molar-refractivity contribution is 0.0979. The number of fused-ring (bicyclic) bond motifs is 12. The number of ketones is 1. The summed E-state index contributed by atoms with van der Waals surface area (Å²) in [5.74, 6) is 2.43. The van der Waals surface area contributed by atoms with Crippen LogP contribution in [0.25, 0.3) is 33.0 Å². The molecule has 0 saturated carbocycles. The first-order chi connectivity index (χ1) is 18.7. The van der Waals surface area contributed by atoms with Crippen molar-refractivity contribution in [2.75, 3.05) is 27.4 Å². The average Bonchev–Trinajstić information content (AvgIpc) is 2.97. The monoisotopic (exact) mass is 507 g/mol. The molecule has 6 rings (SSSR count). The van der Waals surface area contributed by atoms with E-state index in [4.69, 9.17) is 14.2 Å². The Bertz CT molecular complexity index is 1470. The molecule has 4 aromatic rings. The van der Waals surface area contributed by atoms with E-state index >= 15 is 0 Å². The first-order valence-corrected chi connectivity index (χ1v) is 13.2. The van der Waals surface area contributed by atoms with Crippen LogP contribution in [0.5, 0.6) is 17.2 Å². The number of nitrogens with zero attached hydrogens (tertiary/aromatic N) is 1. The van der Waals surface area contributed by atoms with Gasteiger partial charge in [0, 0.05) is 24.7 Å². The van der Waals surface area contributed by atoms with Crippen LogP contribution in [-0.2, 0) is 0 Å². The minimum absolute atomic E-state index is 0.153. The highest BCUT2D eigenvalue weighted by molar-refractivity contribution is 6.11. The van der Waals surface area contributed by atoms with E-state index in [1.54, 1.807) is 14.2 Å². The van der Waals surface area contributed by atoms with Crippen LogP contribution in [0.4, 0.5) is 0 Å². The molecule has 2 bridgehead atoms. The lowest BCUT2D eigenvalue weighted by atomic mass is 9.86. The number of Topliss-reactive ketones (excluding diaryl/α,β-unsaturated/α-hetero) is 1. The minimum atomic E-state index is 0.153. The summed E-state index contributed by atoms with van der Waals surface area (Å²) in [7, 11) is 3.34. The van der Waals surface area contributed by atoms with Gasteiger partial charge in [0.2, 0.25) is 0 Å². The van der Waals surface area contributed by atoms with Gasteiger partial charge < -0.3 is 14.2 Å². The van der Waals surface area contributed by atoms with Gasteiger partial charge in [0.25, 0.3) is 0 Å². The second-order valence-electron chi connectivity index (χ2n) is 9.50. The van der Waals surface area contributed by atoms with Crippen molar-refractivity contribution >= 4 is 22.8 Å². The van der Waals surface area contributed by atoms with Crippen LogP contribution in [0.3, 0.4) is 0 Å². The normalized spacial score (nSPS) is 14.5. The van der Waals surface area contributed by atoms with Gasteiger partial charge in [-0.3, -0.25) is 9.79 Å². The Hall–Kier alpha value is -4.12. The van der Waals surface area contributed by atoms with E-state index in [0.717, 1.165) is 76.8 Å². The highest BCUT2D eigenvalue weighted by atomic mass is 16.5. The number of hydrogen-bond acceptors (Lipinski definition) is 5. The molecular weight excluding hydrogens is 474 g/mol. The number of hydrogen-bond donors (Lipinski definition) is 0. The van der Waals surface area contributed by atoms with Gasteiger partial charge in [0.1, 0.15) is 23.9 Å². The van der Waals surface area contributed by atoms with E-state index in [0.29, 0.717) is 24.3 Å². The fourth-order valence-corrected chi connectivity index (χ4v) is 5.07. The number of carbonyl (C=O) groups is 1. The standard InChI is InChI=1S/C33H33NO4/c1-36-25-9-7-8-23(20-25)28-14-11-24-21-26(37-2)12-15-29(24)33(28)31-22-27-13-16-30(31)32(35)10-5-3-4-6-17-34-18-19-38-27/h7-9,11-16,18,20-22H,3-6,10,17,19H2,1-2H3. The Morgan fingerprint density at radius 3 is 2.45 bits per heavy atom. The second-order valence-corrected chi connectivity index (χ2v) is 9.50.